The van der Waals surface area contributed by atoms with Crippen molar-refractivity contribution in [2.24, 2.45) is 0 Å². The van der Waals surface area contributed by atoms with Gasteiger partial charge in [-0.05, 0) is 25.0 Å². The summed E-state index contributed by atoms with van der Waals surface area (Å²) in [4.78, 5) is 55.8. The predicted octanol–water partition coefficient (Wildman–Crippen LogP) is 2.86. The molecule has 2 heterocycles. The maximum absolute atomic E-state index is 12.1. The number of nitrogens with one attached hydrogen (secondary N) is 4. The summed E-state index contributed by atoms with van der Waals surface area (Å²) in [5, 5.41) is 9.75. The van der Waals surface area contributed by atoms with Gasteiger partial charge in [-0.25, -0.2) is 19.2 Å². The molecule has 0 aliphatic heterocycles. The molecule has 0 saturated heterocycles. The van der Waals surface area contributed by atoms with Crippen LogP contribution in [0, 0.1) is 0 Å². The first-order valence-corrected chi connectivity index (χ1v) is 12.2. The number of hydrogen-bond acceptors (Lipinski definition) is 6. The van der Waals surface area contributed by atoms with E-state index < -0.39 is 23.4 Å². The van der Waals surface area contributed by atoms with E-state index >= 15 is 0 Å². The highest BCUT2D eigenvalue weighted by Gasteiger charge is 2.08. The number of carbonyl (C=O) groups is 2. The monoisotopic (exact) mass is 488 g/mol. The third kappa shape index (κ3) is 10.4. The molecule has 0 bridgehead atoms. The topological polar surface area (TPSA) is 152 Å². The molecule has 4 N–H and O–H groups in total. The van der Waals surface area contributed by atoms with Crippen LogP contribution in [0.25, 0.3) is 0 Å². The van der Waals surface area contributed by atoms with Crippen LogP contribution in [0.1, 0.15) is 65.2 Å². The highest BCUT2D eigenvalue weighted by molar-refractivity contribution is 5.90. The van der Waals surface area contributed by atoms with Crippen LogP contribution < -0.4 is 32.6 Å². The molecule has 0 fully saturated rings. The van der Waals surface area contributed by atoms with Gasteiger partial charge in [-0.3, -0.25) is 19.8 Å². The number of anilines is 2. The van der Waals surface area contributed by atoms with Crippen LogP contribution in [-0.4, -0.2) is 37.8 Å². The largest absolute Gasteiger partial charge is 0.349 e. The van der Waals surface area contributed by atoms with E-state index in [0.717, 1.165) is 51.4 Å². The molecule has 12 nitrogen and oxygen atoms in total. The first-order valence-electron chi connectivity index (χ1n) is 12.2. The Morgan fingerprint density at radius 1 is 0.714 bits per heavy atom. The molecule has 0 atom stereocenters. The summed E-state index contributed by atoms with van der Waals surface area (Å²) >= 11 is 0. The summed E-state index contributed by atoms with van der Waals surface area (Å²) in [5.41, 5.74) is -0.876. The first kappa shape index (κ1) is 27.5. The standard InChI is InChI=1S/C23H36N8O4/c1-3-5-7-9-13-30-15-11-18(28-22(30)34)26-20(32)24-17-25-21(33)27-19-12-16-31(23(35)29-19)14-10-8-6-4-2/h11-12,15-16H,3-10,13-14,17H2,1-2H3,(H2,24,26,28,32,34)(H2,25,27,29,33,35). The van der Waals surface area contributed by atoms with E-state index in [9.17, 15) is 19.2 Å². The lowest BCUT2D eigenvalue weighted by atomic mass is 10.2. The molecule has 0 unspecified atom stereocenters. The van der Waals surface area contributed by atoms with Gasteiger partial charge < -0.3 is 10.6 Å². The minimum Gasteiger partial charge on any atom is -0.320 e. The Balaban J connectivity index is 1.71. The van der Waals surface area contributed by atoms with Crippen LogP contribution in [0.5, 0.6) is 0 Å². The third-order valence-corrected chi connectivity index (χ3v) is 5.23. The minimum absolute atomic E-state index is 0.112. The fourth-order valence-electron chi connectivity index (χ4n) is 3.28. The van der Waals surface area contributed by atoms with E-state index in [4.69, 9.17) is 0 Å². The Labute approximate surface area is 204 Å². The number of hydrogen-bond donors (Lipinski definition) is 4. The number of urea groups is 2. The lowest BCUT2D eigenvalue weighted by Crippen LogP contribution is -2.41. The van der Waals surface area contributed by atoms with E-state index in [1.807, 2.05) is 0 Å². The number of aromatic nitrogens is 4. The lowest BCUT2D eigenvalue weighted by Gasteiger charge is -2.10. The lowest BCUT2D eigenvalue weighted by molar-refractivity contribution is 0.246. The van der Waals surface area contributed by atoms with Gasteiger partial charge in [0.15, 0.2) is 0 Å². The van der Waals surface area contributed by atoms with Crippen LogP contribution in [0.3, 0.4) is 0 Å². The fourth-order valence-corrected chi connectivity index (χ4v) is 3.28. The molecule has 35 heavy (non-hydrogen) atoms. The van der Waals surface area contributed by atoms with Gasteiger partial charge in [0.2, 0.25) is 0 Å². The van der Waals surface area contributed by atoms with Crippen LogP contribution in [0.15, 0.2) is 34.1 Å². The van der Waals surface area contributed by atoms with Crippen molar-refractivity contribution < 1.29 is 9.59 Å². The van der Waals surface area contributed by atoms with E-state index in [1.165, 1.54) is 9.13 Å². The zero-order valence-corrected chi connectivity index (χ0v) is 20.5. The number of amides is 4. The fraction of sp³-hybridized carbons (Fsp3) is 0.565. The smallest absolute Gasteiger partial charge is 0.320 e. The van der Waals surface area contributed by atoms with Crippen molar-refractivity contribution >= 4 is 23.7 Å². The van der Waals surface area contributed by atoms with Gasteiger partial charge in [-0.2, -0.15) is 9.97 Å². The SMILES string of the molecule is CCCCCCn1ccc(NC(=O)NCNC(=O)Nc2ccn(CCCCCC)c(=O)n2)nc1=O. The molecule has 2 aromatic rings. The molecule has 4 amide bonds. The second kappa shape index (κ2) is 15.3. The van der Waals surface area contributed by atoms with Gasteiger partial charge in [0.05, 0.1) is 6.67 Å². The van der Waals surface area contributed by atoms with E-state index in [2.05, 4.69) is 45.1 Å². The Bertz CT molecular complexity index is 982. The van der Waals surface area contributed by atoms with Crippen molar-refractivity contribution in [1.29, 1.82) is 0 Å². The zero-order chi connectivity index (χ0) is 25.5. The molecule has 12 heteroatoms. The molecule has 2 aromatic heterocycles. The summed E-state index contributed by atoms with van der Waals surface area (Å²) in [6.07, 6.45) is 11.5. The summed E-state index contributed by atoms with van der Waals surface area (Å²) < 4.78 is 3.01. The Kier molecular flexibility index (Phi) is 12.0. The number of nitrogens with zero attached hydrogens (tertiary/aromatic N) is 4. The highest BCUT2D eigenvalue weighted by atomic mass is 16.2. The van der Waals surface area contributed by atoms with Crippen molar-refractivity contribution in [3.8, 4) is 0 Å². The average Bonchev–Trinajstić information content (AvgIpc) is 2.82. The van der Waals surface area contributed by atoms with E-state index in [-0.39, 0.29) is 18.3 Å². The minimum atomic E-state index is -0.637. The predicted molar refractivity (Wildman–Crippen MR) is 134 cm³/mol. The summed E-state index contributed by atoms with van der Waals surface area (Å²) in [5.74, 6) is 0.224. The Morgan fingerprint density at radius 3 is 1.51 bits per heavy atom. The van der Waals surface area contributed by atoms with Crippen LogP contribution in [0.2, 0.25) is 0 Å². The maximum atomic E-state index is 12.1. The summed E-state index contributed by atoms with van der Waals surface area (Å²) in [6.45, 7) is 5.21. The van der Waals surface area contributed by atoms with Gasteiger partial charge in [0.25, 0.3) is 0 Å². The van der Waals surface area contributed by atoms with Crippen LogP contribution >= 0.6 is 0 Å². The molecule has 2 rings (SSSR count). The van der Waals surface area contributed by atoms with Gasteiger partial charge in [-0.1, -0.05) is 52.4 Å². The third-order valence-electron chi connectivity index (χ3n) is 5.23. The van der Waals surface area contributed by atoms with Gasteiger partial charge >= 0.3 is 23.4 Å². The second-order valence-corrected chi connectivity index (χ2v) is 8.14. The molecule has 0 saturated carbocycles. The average molecular weight is 489 g/mol. The van der Waals surface area contributed by atoms with Crippen molar-refractivity contribution in [1.82, 2.24) is 29.7 Å². The van der Waals surface area contributed by atoms with E-state index in [1.54, 1.807) is 24.5 Å². The summed E-state index contributed by atoms with van der Waals surface area (Å²) in [7, 11) is 0. The van der Waals surface area contributed by atoms with E-state index in [0.29, 0.717) is 13.1 Å². The number of rotatable bonds is 14. The van der Waals surface area contributed by atoms with Crippen LogP contribution in [-0.2, 0) is 13.1 Å². The number of unbranched alkanes of at least 4 members (excludes halogenated alkanes) is 6. The van der Waals surface area contributed by atoms with Crippen molar-refractivity contribution in [3.05, 3.63) is 45.5 Å². The van der Waals surface area contributed by atoms with Gasteiger partial charge in [0.1, 0.15) is 11.6 Å². The number of carbonyl (C=O) groups excluding carboxylic acids is 2. The Morgan fingerprint density at radius 2 is 1.14 bits per heavy atom. The molecule has 0 spiro atoms. The number of aryl methyl sites for hydroxylation is 2. The molecular formula is C23H36N8O4. The molecule has 0 aromatic carbocycles. The van der Waals surface area contributed by atoms with Crippen LogP contribution in [0.4, 0.5) is 21.2 Å². The van der Waals surface area contributed by atoms with Gasteiger partial charge in [0, 0.05) is 25.5 Å². The normalized spacial score (nSPS) is 10.6. The maximum Gasteiger partial charge on any atom is 0.349 e. The second-order valence-electron chi connectivity index (χ2n) is 8.14. The van der Waals surface area contributed by atoms with Crippen molar-refractivity contribution in [2.45, 2.75) is 78.3 Å². The molecule has 0 aliphatic carbocycles. The summed E-state index contributed by atoms with van der Waals surface area (Å²) in [6, 6.07) is 1.81. The molecule has 0 radical (unpaired) electrons. The quantitative estimate of drug-likeness (QED) is 0.237. The Hall–Kier alpha value is -3.70. The van der Waals surface area contributed by atoms with Gasteiger partial charge in [-0.15, -0.1) is 0 Å². The zero-order valence-electron chi connectivity index (χ0n) is 20.5. The molecule has 0 aliphatic rings. The molecule has 192 valence electrons. The highest BCUT2D eigenvalue weighted by Crippen LogP contribution is 2.03. The van der Waals surface area contributed by atoms with Crippen molar-refractivity contribution in [2.75, 3.05) is 17.3 Å². The first-order chi connectivity index (χ1) is 16.9. The molecular weight excluding hydrogens is 452 g/mol. The van der Waals surface area contributed by atoms with Crippen molar-refractivity contribution in [3.63, 3.8) is 0 Å².